The molecule has 1 amide bonds. The van der Waals surface area contributed by atoms with Gasteiger partial charge >= 0.3 is 0 Å². The molecule has 1 aromatic rings. The number of nitrogens with two attached hydrogens (primary N) is 1. The lowest BCUT2D eigenvalue weighted by Crippen LogP contribution is -2.27. The van der Waals surface area contributed by atoms with E-state index in [1.165, 1.54) is 6.92 Å². The molecule has 0 aliphatic rings. The Kier molecular flexibility index (Phi) is 5.77. The first-order valence-corrected chi connectivity index (χ1v) is 5.94. The Bertz CT molecular complexity index is 378. The largest absolute Gasteiger partial charge is 0.390 e. The van der Waals surface area contributed by atoms with Crippen LogP contribution in [0.3, 0.4) is 0 Å². The number of amides is 1. The normalized spacial score (nSPS) is 14.0. The number of hydrogen-bond acceptors (Lipinski definition) is 4. The summed E-state index contributed by atoms with van der Waals surface area (Å²) in [7, 11) is 0. The molecule has 100 valence electrons. The van der Waals surface area contributed by atoms with Gasteiger partial charge in [-0.05, 0) is 17.5 Å². The molecule has 0 saturated carbocycles. The van der Waals surface area contributed by atoms with Gasteiger partial charge in [-0.1, -0.05) is 24.3 Å². The maximum absolute atomic E-state index is 10.7. The third kappa shape index (κ3) is 4.44. The summed E-state index contributed by atoms with van der Waals surface area (Å²) in [6.45, 7) is 2.20. The second-order valence-corrected chi connectivity index (χ2v) is 4.23. The second kappa shape index (κ2) is 7.10. The van der Waals surface area contributed by atoms with Gasteiger partial charge in [0.2, 0.25) is 5.91 Å². The van der Waals surface area contributed by atoms with E-state index >= 15 is 0 Å². The third-order valence-corrected chi connectivity index (χ3v) is 2.74. The first-order valence-electron chi connectivity index (χ1n) is 5.94. The molecule has 5 N–H and O–H groups in total. The summed E-state index contributed by atoms with van der Waals surface area (Å²) in [6.07, 6.45) is -1.55. The van der Waals surface area contributed by atoms with Crippen molar-refractivity contribution >= 4 is 5.91 Å². The van der Waals surface area contributed by atoms with Crippen molar-refractivity contribution in [2.45, 2.75) is 32.1 Å². The number of hydrogen-bond donors (Lipinski definition) is 4. The van der Waals surface area contributed by atoms with Crippen molar-refractivity contribution < 1.29 is 15.0 Å². The van der Waals surface area contributed by atoms with Crippen LogP contribution in [-0.4, -0.2) is 28.8 Å². The zero-order valence-electron chi connectivity index (χ0n) is 10.5. The highest BCUT2D eigenvalue weighted by Gasteiger charge is 2.17. The smallest absolute Gasteiger partial charge is 0.216 e. The van der Waals surface area contributed by atoms with Gasteiger partial charge in [0, 0.05) is 20.0 Å². The molecule has 0 aromatic heterocycles. The SMILES string of the molecule is CC(=O)NCCC(O)C(O)c1ccc(CN)cc1. The molecule has 5 nitrogen and oxygen atoms in total. The van der Waals surface area contributed by atoms with Gasteiger partial charge < -0.3 is 21.3 Å². The standard InChI is InChI=1S/C13H20N2O3/c1-9(16)15-7-6-12(17)13(18)11-4-2-10(8-14)3-5-11/h2-5,12-13,17-18H,6-8,14H2,1H3,(H,15,16). The van der Waals surface area contributed by atoms with Crippen LogP contribution in [0.2, 0.25) is 0 Å². The average Bonchev–Trinajstić information content (AvgIpc) is 2.37. The number of benzene rings is 1. The molecule has 0 bridgehead atoms. The predicted molar refractivity (Wildman–Crippen MR) is 68.6 cm³/mol. The molecular weight excluding hydrogens is 232 g/mol. The number of carbonyl (C=O) groups excluding carboxylic acids is 1. The van der Waals surface area contributed by atoms with E-state index in [9.17, 15) is 15.0 Å². The number of aliphatic hydroxyl groups is 2. The lowest BCUT2D eigenvalue weighted by Gasteiger charge is -2.18. The molecule has 0 aliphatic carbocycles. The summed E-state index contributed by atoms with van der Waals surface area (Å²) in [6, 6.07) is 7.13. The highest BCUT2D eigenvalue weighted by molar-refractivity contribution is 5.72. The summed E-state index contributed by atoms with van der Waals surface area (Å²) in [4.78, 5) is 10.7. The molecule has 2 unspecified atom stereocenters. The topological polar surface area (TPSA) is 95.6 Å². The first kappa shape index (κ1) is 14.6. The summed E-state index contributed by atoms with van der Waals surface area (Å²) >= 11 is 0. The van der Waals surface area contributed by atoms with Gasteiger partial charge in [-0.15, -0.1) is 0 Å². The van der Waals surface area contributed by atoms with Crippen LogP contribution >= 0.6 is 0 Å². The fraction of sp³-hybridized carbons (Fsp3) is 0.462. The highest BCUT2D eigenvalue weighted by Crippen LogP contribution is 2.19. The van der Waals surface area contributed by atoms with Crippen molar-refractivity contribution in [3.63, 3.8) is 0 Å². The van der Waals surface area contributed by atoms with E-state index < -0.39 is 12.2 Å². The van der Waals surface area contributed by atoms with Crippen molar-refractivity contribution in [2.75, 3.05) is 6.54 Å². The van der Waals surface area contributed by atoms with Crippen LogP contribution < -0.4 is 11.1 Å². The van der Waals surface area contributed by atoms with Gasteiger partial charge in [-0.25, -0.2) is 0 Å². The molecule has 0 saturated heterocycles. The van der Waals surface area contributed by atoms with Crippen LogP contribution in [0.5, 0.6) is 0 Å². The molecule has 1 aromatic carbocycles. The average molecular weight is 252 g/mol. The van der Waals surface area contributed by atoms with Crippen LogP contribution in [0.15, 0.2) is 24.3 Å². The Labute approximate surface area is 107 Å². The molecule has 1 rings (SSSR count). The van der Waals surface area contributed by atoms with Crippen LogP contribution in [-0.2, 0) is 11.3 Å². The Morgan fingerprint density at radius 1 is 1.33 bits per heavy atom. The van der Waals surface area contributed by atoms with Gasteiger partial charge in [0.05, 0.1) is 6.10 Å². The van der Waals surface area contributed by atoms with E-state index in [1.807, 2.05) is 12.1 Å². The quantitative estimate of drug-likeness (QED) is 0.576. The predicted octanol–water partition coefficient (Wildman–Crippen LogP) is 0.0658. The van der Waals surface area contributed by atoms with Crippen LogP contribution in [0.1, 0.15) is 30.6 Å². The highest BCUT2D eigenvalue weighted by atomic mass is 16.3. The zero-order valence-corrected chi connectivity index (χ0v) is 10.5. The van der Waals surface area contributed by atoms with Crippen LogP contribution in [0.25, 0.3) is 0 Å². The van der Waals surface area contributed by atoms with E-state index in [-0.39, 0.29) is 5.91 Å². The minimum absolute atomic E-state index is 0.149. The molecule has 0 radical (unpaired) electrons. The van der Waals surface area contributed by atoms with Gasteiger partial charge in [0.1, 0.15) is 6.10 Å². The minimum Gasteiger partial charge on any atom is -0.390 e. The van der Waals surface area contributed by atoms with Gasteiger partial charge in [-0.3, -0.25) is 4.79 Å². The maximum Gasteiger partial charge on any atom is 0.216 e. The first-order chi connectivity index (χ1) is 8.54. The number of carbonyl (C=O) groups is 1. The Balaban J connectivity index is 2.51. The monoisotopic (exact) mass is 252 g/mol. The number of nitrogens with one attached hydrogen (secondary N) is 1. The fourth-order valence-corrected chi connectivity index (χ4v) is 1.63. The van der Waals surface area contributed by atoms with Gasteiger partial charge in [0.15, 0.2) is 0 Å². The summed E-state index contributed by atoms with van der Waals surface area (Å²) in [5.41, 5.74) is 7.09. The van der Waals surface area contributed by atoms with Crippen molar-refractivity contribution in [3.8, 4) is 0 Å². The van der Waals surface area contributed by atoms with E-state index in [0.29, 0.717) is 25.1 Å². The van der Waals surface area contributed by atoms with Crippen molar-refractivity contribution in [3.05, 3.63) is 35.4 Å². The molecule has 0 aliphatic heterocycles. The molecule has 0 heterocycles. The Hall–Kier alpha value is -1.43. The third-order valence-electron chi connectivity index (χ3n) is 2.74. The minimum atomic E-state index is -0.953. The summed E-state index contributed by atoms with van der Waals surface area (Å²) in [5.74, 6) is -0.149. The molecule has 0 spiro atoms. The van der Waals surface area contributed by atoms with Crippen LogP contribution in [0.4, 0.5) is 0 Å². The van der Waals surface area contributed by atoms with Gasteiger partial charge in [0.25, 0.3) is 0 Å². The van der Waals surface area contributed by atoms with E-state index in [4.69, 9.17) is 5.73 Å². The lowest BCUT2D eigenvalue weighted by molar-refractivity contribution is -0.119. The molecule has 0 fully saturated rings. The van der Waals surface area contributed by atoms with E-state index in [1.54, 1.807) is 12.1 Å². The number of aliphatic hydroxyl groups excluding tert-OH is 2. The fourth-order valence-electron chi connectivity index (χ4n) is 1.63. The maximum atomic E-state index is 10.7. The summed E-state index contributed by atoms with van der Waals surface area (Å²) in [5, 5.41) is 22.3. The van der Waals surface area contributed by atoms with Crippen LogP contribution in [0, 0.1) is 0 Å². The lowest BCUT2D eigenvalue weighted by atomic mass is 10.0. The molecule has 5 heteroatoms. The van der Waals surface area contributed by atoms with Crippen molar-refractivity contribution in [1.82, 2.24) is 5.32 Å². The second-order valence-electron chi connectivity index (χ2n) is 4.23. The molecular formula is C13H20N2O3. The van der Waals surface area contributed by atoms with Gasteiger partial charge in [-0.2, -0.15) is 0 Å². The Morgan fingerprint density at radius 2 is 1.94 bits per heavy atom. The molecule has 18 heavy (non-hydrogen) atoms. The van der Waals surface area contributed by atoms with E-state index in [0.717, 1.165) is 5.56 Å². The Morgan fingerprint density at radius 3 is 2.44 bits per heavy atom. The summed E-state index contributed by atoms with van der Waals surface area (Å²) < 4.78 is 0. The van der Waals surface area contributed by atoms with Crippen molar-refractivity contribution in [1.29, 1.82) is 0 Å². The van der Waals surface area contributed by atoms with E-state index in [2.05, 4.69) is 5.32 Å². The molecule has 2 atom stereocenters. The zero-order chi connectivity index (χ0) is 13.5. The van der Waals surface area contributed by atoms with Crippen molar-refractivity contribution in [2.24, 2.45) is 5.73 Å². The number of rotatable bonds is 6.